The molecule has 0 atom stereocenters. The first-order chi connectivity index (χ1) is 14.0. The van der Waals surface area contributed by atoms with Crippen molar-refractivity contribution in [3.63, 3.8) is 0 Å². The highest BCUT2D eigenvalue weighted by atomic mass is 127. The normalized spacial score (nSPS) is 18.2. The summed E-state index contributed by atoms with van der Waals surface area (Å²) in [4.78, 5) is 21.5. The number of hydrogen-bond donors (Lipinski definition) is 1. The number of aryl methyl sites for hydroxylation is 3. The van der Waals surface area contributed by atoms with Crippen molar-refractivity contribution in [1.82, 2.24) is 15.1 Å². The summed E-state index contributed by atoms with van der Waals surface area (Å²) in [6.07, 6.45) is 2.78. The Morgan fingerprint density at radius 1 is 1.07 bits per heavy atom. The summed E-state index contributed by atoms with van der Waals surface area (Å²) < 4.78 is 5.36. The number of nitrogens with one attached hydrogen (secondary N) is 1. The summed E-state index contributed by atoms with van der Waals surface area (Å²) in [5.74, 6) is 1.39. The molecule has 1 aromatic carbocycles. The Kier molecular flexibility index (Phi) is 9.87. The zero-order valence-corrected chi connectivity index (χ0v) is 21.2. The summed E-state index contributed by atoms with van der Waals surface area (Å²) in [5, 5.41) is 3.53. The van der Waals surface area contributed by atoms with Gasteiger partial charge in [0.25, 0.3) is 0 Å². The Bertz CT molecular complexity index is 716. The Labute approximate surface area is 198 Å². The van der Waals surface area contributed by atoms with Crippen LogP contribution in [0.4, 0.5) is 0 Å². The van der Waals surface area contributed by atoms with Gasteiger partial charge >= 0.3 is 0 Å². The van der Waals surface area contributed by atoms with E-state index < -0.39 is 0 Å². The molecule has 1 amide bonds. The van der Waals surface area contributed by atoms with Crippen molar-refractivity contribution in [1.29, 1.82) is 0 Å². The van der Waals surface area contributed by atoms with Gasteiger partial charge in [-0.2, -0.15) is 0 Å². The second kappa shape index (κ2) is 11.9. The standard InChI is InChI=1S/C23H36N4O2.HI/c1-17-15-18(2)21(19(3)16-17)5-8-25-23(24-4)27-9-6-20(7-10-27)22(28)26-11-13-29-14-12-26;/h15-16,20H,5-14H2,1-4H3,(H,24,25);1H. The predicted octanol–water partition coefficient (Wildman–Crippen LogP) is 2.92. The molecule has 0 aliphatic carbocycles. The molecule has 168 valence electrons. The van der Waals surface area contributed by atoms with Crippen LogP contribution in [0.25, 0.3) is 0 Å². The lowest BCUT2D eigenvalue weighted by Crippen LogP contribution is -2.50. The summed E-state index contributed by atoms with van der Waals surface area (Å²) in [5.41, 5.74) is 5.47. The molecule has 30 heavy (non-hydrogen) atoms. The summed E-state index contributed by atoms with van der Waals surface area (Å²) in [6.45, 7) is 12.0. The number of nitrogens with zero attached hydrogens (tertiary/aromatic N) is 3. The fourth-order valence-corrected chi connectivity index (χ4v) is 4.62. The molecule has 6 nitrogen and oxygen atoms in total. The van der Waals surface area contributed by atoms with Crippen LogP contribution < -0.4 is 5.32 Å². The first-order valence-corrected chi connectivity index (χ1v) is 10.9. The first kappa shape index (κ1) is 24.9. The number of halogens is 1. The van der Waals surface area contributed by atoms with Gasteiger partial charge in [-0.25, -0.2) is 0 Å². The van der Waals surface area contributed by atoms with E-state index in [2.05, 4.69) is 48.1 Å². The first-order valence-electron chi connectivity index (χ1n) is 10.9. The Hall–Kier alpha value is -1.35. The van der Waals surface area contributed by atoms with Crippen LogP contribution >= 0.6 is 24.0 Å². The number of guanidine groups is 1. The van der Waals surface area contributed by atoms with Gasteiger partial charge in [-0.1, -0.05) is 17.7 Å². The van der Waals surface area contributed by atoms with Gasteiger partial charge in [-0.05, 0) is 56.7 Å². The SMILES string of the molecule is CN=C(NCCc1c(C)cc(C)cc1C)N1CCC(C(=O)N2CCOCC2)CC1.I. The minimum atomic E-state index is 0. The van der Waals surface area contributed by atoms with Crippen molar-refractivity contribution in [2.24, 2.45) is 10.9 Å². The van der Waals surface area contributed by atoms with Crippen LogP contribution in [0, 0.1) is 26.7 Å². The summed E-state index contributed by atoms with van der Waals surface area (Å²) in [6, 6.07) is 4.51. The number of morpholine rings is 1. The van der Waals surface area contributed by atoms with Gasteiger partial charge in [0.15, 0.2) is 5.96 Å². The number of aliphatic imine (C=N–C) groups is 1. The minimum Gasteiger partial charge on any atom is -0.378 e. The van der Waals surface area contributed by atoms with E-state index in [4.69, 9.17) is 4.74 Å². The third-order valence-corrected chi connectivity index (χ3v) is 6.18. The van der Waals surface area contributed by atoms with Gasteiger partial charge < -0.3 is 19.9 Å². The number of carbonyl (C=O) groups is 1. The molecule has 0 radical (unpaired) electrons. The number of carbonyl (C=O) groups excluding carboxylic acids is 1. The van der Waals surface area contributed by atoms with E-state index in [9.17, 15) is 4.79 Å². The van der Waals surface area contributed by atoms with E-state index in [0.29, 0.717) is 19.1 Å². The zero-order valence-electron chi connectivity index (χ0n) is 18.9. The Balaban J connectivity index is 0.00000320. The van der Waals surface area contributed by atoms with E-state index in [1.807, 2.05) is 11.9 Å². The van der Waals surface area contributed by atoms with Crippen LogP contribution in [-0.4, -0.2) is 74.7 Å². The number of hydrogen-bond acceptors (Lipinski definition) is 3. The quantitative estimate of drug-likeness (QED) is 0.371. The maximum Gasteiger partial charge on any atom is 0.225 e. The molecule has 0 unspecified atom stereocenters. The molecule has 2 aliphatic rings. The van der Waals surface area contributed by atoms with Crippen molar-refractivity contribution in [2.75, 3.05) is 53.0 Å². The predicted molar refractivity (Wildman–Crippen MR) is 133 cm³/mol. The Morgan fingerprint density at radius 2 is 1.67 bits per heavy atom. The topological polar surface area (TPSA) is 57.2 Å². The molecule has 2 heterocycles. The van der Waals surface area contributed by atoms with Crippen LogP contribution in [0.3, 0.4) is 0 Å². The molecule has 2 aliphatic heterocycles. The highest BCUT2D eigenvalue weighted by Gasteiger charge is 2.30. The van der Waals surface area contributed by atoms with Gasteiger partial charge in [0.05, 0.1) is 13.2 Å². The summed E-state index contributed by atoms with van der Waals surface area (Å²) >= 11 is 0. The van der Waals surface area contributed by atoms with E-state index in [0.717, 1.165) is 57.9 Å². The molecule has 0 bridgehead atoms. The average Bonchev–Trinajstić information content (AvgIpc) is 2.73. The van der Waals surface area contributed by atoms with E-state index in [1.54, 1.807) is 0 Å². The maximum atomic E-state index is 12.7. The third-order valence-electron chi connectivity index (χ3n) is 6.18. The third kappa shape index (κ3) is 6.33. The average molecular weight is 528 g/mol. The molecule has 0 aromatic heterocycles. The molecule has 1 aromatic rings. The lowest BCUT2D eigenvalue weighted by Gasteiger charge is -2.36. The highest BCUT2D eigenvalue weighted by molar-refractivity contribution is 14.0. The Morgan fingerprint density at radius 3 is 2.23 bits per heavy atom. The summed E-state index contributed by atoms with van der Waals surface area (Å²) in [7, 11) is 1.84. The number of piperidine rings is 1. The van der Waals surface area contributed by atoms with Crippen molar-refractivity contribution in [3.8, 4) is 0 Å². The van der Waals surface area contributed by atoms with Crippen molar-refractivity contribution < 1.29 is 9.53 Å². The molecule has 1 N–H and O–H groups in total. The van der Waals surface area contributed by atoms with Gasteiger partial charge in [0.2, 0.25) is 5.91 Å². The molecule has 2 fully saturated rings. The number of rotatable bonds is 4. The molecular formula is C23H37IN4O2. The van der Waals surface area contributed by atoms with Gasteiger partial charge in [0.1, 0.15) is 0 Å². The van der Waals surface area contributed by atoms with Gasteiger partial charge in [-0.15, -0.1) is 24.0 Å². The lowest BCUT2D eigenvalue weighted by atomic mass is 9.95. The maximum absolute atomic E-state index is 12.7. The van der Waals surface area contributed by atoms with Gasteiger partial charge in [0, 0.05) is 45.7 Å². The molecular weight excluding hydrogens is 491 g/mol. The van der Waals surface area contributed by atoms with Crippen molar-refractivity contribution in [2.45, 2.75) is 40.0 Å². The van der Waals surface area contributed by atoms with Gasteiger partial charge in [-0.3, -0.25) is 9.79 Å². The largest absolute Gasteiger partial charge is 0.378 e. The van der Waals surface area contributed by atoms with Crippen LogP contribution in [-0.2, 0) is 16.0 Å². The van der Waals surface area contributed by atoms with E-state index >= 15 is 0 Å². The van der Waals surface area contributed by atoms with E-state index in [1.165, 1.54) is 22.3 Å². The number of benzene rings is 1. The fraction of sp³-hybridized carbons (Fsp3) is 0.652. The molecule has 0 spiro atoms. The lowest BCUT2D eigenvalue weighted by molar-refractivity contribution is -0.140. The smallest absolute Gasteiger partial charge is 0.225 e. The molecule has 0 saturated carbocycles. The van der Waals surface area contributed by atoms with E-state index in [-0.39, 0.29) is 29.9 Å². The van der Waals surface area contributed by atoms with Crippen molar-refractivity contribution >= 4 is 35.8 Å². The number of amides is 1. The molecule has 7 heteroatoms. The number of likely N-dealkylation sites (tertiary alicyclic amines) is 1. The fourth-order valence-electron chi connectivity index (χ4n) is 4.62. The van der Waals surface area contributed by atoms with Crippen LogP contribution in [0.1, 0.15) is 35.1 Å². The number of ether oxygens (including phenoxy) is 1. The zero-order chi connectivity index (χ0) is 20.8. The highest BCUT2D eigenvalue weighted by Crippen LogP contribution is 2.21. The van der Waals surface area contributed by atoms with Crippen LogP contribution in [0.2, 0.25) is 0 Å². The van der Waals surface area contributed by atoms with Crippen LogP contribution in [0.15, 0.2) is 17.1 Å². The molecule has 2 saturated heterocycles. The van der Waals surface area contributed by atoms with Crippen molar-refractivity contribution in [3.05, 3.63) is 34.4 Å². The second-order valence-corrected chi connectivity index (χ2v) is 8.30. The molecule has 3 rings (SSSR count). The van der Waals surface area contributed by atoms with Crippen LogP contribution in [0.5, 0.6) is 0 Å². The minimum absolute atomic E-state index is 0. The second-order valence-electron chi connectivity index (χ2n) is 8.30. The monoisotopic (exact) mass is 528 g/mol.